The van der Waals surface area contributed by atoms with Crippen LogP contribution in [-0.2, 0) is 52.2 Å². The van der Waals surface area contributed by atoms with Crippen molar-refractivity contribution < 1.29 is 23.9 Å². The van der Waals surface area contributed by atoms with Crippen molar-refractivity contribution in [3.05, 3.63) is 124 Å². The molecule has 16 nitrogen and oxygen atoms in total. The van der Waals surface area contributed by atoms with E-state index in [1.165, 1.54) is 21.3 Å². The highest BCUT2D eigenvalue weighted by Gasteiger charge is 2.32. The molecule has 5 heterocycles. The van der Waals surface area contributed by atoms with Crippen LogP contribution in [-0.4, -0.2) is 110 Å². The number of carbonyl (C=O) groups is 3. The Hall–Kier alpha value is -6.46. The number of nitrogen functional groups attached to an aromatic ring is 1. The molecule has 1 saturated carbocycles. The largest absolute Gasteiger partial charge is 0.383 e. The van der Waals surface area contributed by atoms with E-state index in [2.05, 4.69) is 86.1 Å². The lowest BCUT2D eigenvalue weighted by molar-refractivity contribution is -0.135. The number of nitrogens with zero attached hydrogens (tertiary/aromatic N) is 7. The van der Waals surface area contributed by atoms with E-state index in [9.17, 15) is 19.2 Å². The Labute approximate surface area is 390 Å². The van der Waals surface area contributed by atoms with Crippen molar-refractivity contribution in [2.24, 2.45) is 7.05 Å². The monoisotopic (exact) mass is 908 g/mol. The SMILES string of the molecule is CN1CCN(Cc2ccc(-c3ccc(CO[C@H]4CCC[C@@H]4NC(=O)c4cc(-c5cnn(CCOCCCc6cccc7c6n(C)c(=O)n7C6CCC(=O)NC6=O)c5)cnc4N)cc3)cc2)CC1. The summed E-state index contributed by atoms with van der Waals surface area (Å²) in [6.45, 7) is 7.36. The van der Waals surface area contributed by atoms with Crippen LogP contribution in [0.3, 0.4) is 0 Å². The predicted molar refractivity (Wildman–Crippen MR) is 256 cm³/mol. The highest BCUT2D eigenvalue weighted by molar-refractivity contribution is 6.00. The first-order valence-corrected chi connectivity index (χ1v) is 23.5. The van der Waals surface area contributed by atoms with Crippen LogP contribution in [0.2, 0.25) is 0 Å². The van der Waals surface area contributed by atoms with E-state index in [4.69, 9.17) is 15.2 Å². The molecule has 9 rings (SSSR count). The second kappa shape index (κ2) is 20.6. The Kier molecular flexibility index (Phi) is 14.0. The van der Waals surface area contributed by atoms with Gasteiger partial charge in [0.2, 0.25) is 11.8 Å². The number of hydrogen-bond donors (Lipinski definition) is 3. The van der Waals surface area contributed by atoms with Crippen LogP contribution >= 0.6 is 0 Å². The van der Waals surface area contributed by atoms with E-state index < -0.39 is 11.9 Å². The van der Waals surface area contributed by atoms with Crippen LogP contribution in [0.15, 0.2) is 96.2 Å². The van der Waals surface area contributed by atoms with Gasteiger partial charge in [0.05, 0.1) is 54.7 Å². The summed E-state index contributed by atoms with van der Waals surface area (Å²) in [5, 5.41) is 10.1. The molecule has 6 aromatic rings. The number of para-hydroxylation sites is 1. The molecule has 4 N–H and O–H groups in total. The van der Waals surface area contributed by atoms with Gasteiger partial charge in [0, 0.05) is 76.3 Å². The molecule has 350 valence electrons. The van der Waals surface area contributed by atoms with E-state index >= 15 is 0 Å². The van der Waals surface area contributed by atoms with Crippen LogP contribution in [0, 0.1) is 0 Å². The number of imide groups is 1. The number of rotatable bonds is 17. The van der Waals surface area contributed by atoms with Crippen molar-refractivity contribution >= 4 is 34.6 Å². The van der Waals surface area contributed by atoms with Gasteiger partial charge in [-0.25, -0.2) is 9.78 Å². The number of piperazine rings is 1. The normalized spacial score (nSPS) is 19.3. The molecule has 67 heavy (non-hydrogen) atoms. The van der Waals surface area contributed by atoms with Crippen LogP contribution in [0.5, 0.6) is 0 Å². The molecule has 0 radical (unpaired) electrons. The maximum absolute atomic E-state index is 13.7. The molecule has 3 aromatic carbocycles. The Bertz CT molecular complexity index is 2770. The van der Waals surface area contributed by atoms with E-state index in [0.717, 1.165) is 86.2 Å². The summed E-state index contributed by atoms with van der Waals surface area (Å²) in [6, 6.07) is 24.0. The first-order chi connectivity index (χ1) is 32.6. The van der Waals surface area contributed by atoms with Gasteiger partial charge < -0.3 is 25.4 Å². The Balaban J connectivity index is 0.728. The summed E-state index contributed by atoms with van der Waals surface area (Å²) >= 11 is 0. The average molecular weight is 909 g/mol. The van der Waals surface area contributed by atoms with E-state index in [1.54, 1.807) is 34.8 Å². The smallest absolute Gasteiger partial charge is 0.329 e. The standard InChI is InChI=1S/C51H60N10O6/c1-57-21-23-59(24-22-57)31-34-11-15-36(16-12-34)37-17-13-35(14-18-37)33-67-45-10-4-8-42(45)55-49(63)41-28-39(29-53-48(41)52)40-30-54-60(32-40)25-27-66-26-5-7-38-6-3-9-43-47(38)58(2)51(65)61(43)44-19-20-46(62)56-50(44)64/h3,6,9,11-18,28-30,32,42,44-45H,4-5,7-8,10,19-27,31,33H2,1-2H3,(H2,52,53)(H,55,63)(H,56,62,64)/t42-,44?,45-/m0/s1. The minimum Gasteiger partial charge on any atom is -0.383 e. The fraction of sp³-hybridized carbons (Fsp3) is 0.412. The molecule has 0 bridgehead atoms. The molecule has 2 aliphatic heterocycles. The zero-order valence-electron chi connectivity index (χ0n) is 38.4. The molecular formula is C51H60N10O6. The van der Waals surface area contributed by atoms with Crippen LogP contribution in [0.4, 0.5) is 5.82 Å². The molecule has 3 fully saturated rings. The zero-order valence-corrected chi connectivity index (χ0v) is 38.4. The number of aryl methyl sites for hydroxylation is 2. The number of benzene rings is 3. The van der Waals surface area contributed by atoms with Gasteiger partial charge >= 0.3 is 5.69 Å². The van der Waals surface area contributed by atoms with Gasteiger partial charge in [0.15, 0.2) is 0 Å². The first-order valence-electron chi connectivity index (χ1n) is 23.5. The van der Waals surface area contributed by atoms with Gasteiger partial charge in [-0.1, -0.05) is 60.7 Å². The molecule has 1 unspecified atom stereocenters. The first kappa shape index (κ1) is 45.7. The van der Waals surface area contributed by atoms with Gasteiger partial charge in [-0.2, -0.15) is 5.10 Å². The molecule has 3 aliphatic rings. The summed E-state index contributed by atoms with van der Waals surface area (Å²) in [6.07, 6.45) is 9.68. The lowest BCUT2D eigenvalue weighted by atomic mass is 10.0. The van der Waals surface area contributed by atoms with Crippen molar-refractivity contribution in [2.45, 2.75) is 82.8 Å². The van der Waals surface area contributed by atoms with Gasteiger partial charge in [-0.05, 0) is 85.5 Å². The lowest BCUT2D eigenvalue weighted by Crippen LogP contribution is -2.44. The van der Waals surface area contributed by atoms with Gasteiger partial charge in [-0.3, -0.25) is 38.4 Å². The number of anilines is 1. The van der Waals surface area contributed by atoms with Gasteiger partial charge in [0.25, 0.3) is 5.91 Å². The minimum atomic E-state index is -0.724. The minimum absolute atomic E-state index is 0.112. The number of nitrogens with one attached hydrogen (secondary N) is 2. The molecule has 1 aliphatic carbocycles. The molecule has 3 atom stereocenters. The lowest BCUT2D eigenvalue weighted by Gasteiger charge is -2.32. The van der Waals surface area contributed by atoms with E-state index in [-0.39, 0.29) is 41.9 Å². The third-order valence-electron chi connectivity index (χ3n) is 13.5. The number of nitrogens with two attached hydrogens (primary N) is 1. The summed E-state index contributed by atoms with van der Waals surface area (Å²) in [4.78, 5) is 60.5. The number of hydrogen-bond acceptors (Lipinski definition) is 11. The summed E-state index contributed by atoms with van der Waals surface area (Å²) in [5.74, 6) is -0.889. The van der Waals surface area contributed by atoms with Gasteiger partial charge in [-0.15, -0.1) is 0 Å². The molecule has 3 amide bonds. The highest BCUT2D eigenvalue weighted by Crippen LogP contribution is 2.29. The van der Waals surface area contributed by atoms with Crippen LogP contribution in [0.1, 0.15) is 71.6 Å². The van der Waals surface area contributed by atoms with Crippen molar-refractivity contribution in [2.75, 3.05) is 52.2 Å². The highest BCUT2D eigenvalue weighted by atomic mass is 16.5. The number of amides is 3. The maximum atomic E-state index is 13.7. The maximum Gasteiger partial charge on any atom is 0.329 e. The Morgan fingerprint density at radius 2 is 1.63 bits per heavy atom. The Morgan fingerprint density at radius 3 is 2.39 bits per heavy atom. The number of pyridine rings is 1. The number of imidazole rings is 1. The quantitative estimate of drug-likeness (QED) is 0.0819. The fourth-order valence-electron chi connectivity index (χ4n) is 9.63. The number of fused-ring (bicyclic) bond motifs is 1. The summed E-state index contributed by atoms with van der Waals surface area (Å²) in [5.41, 5.74) is 15.0. The Morgan fingerprint density at radius 1 is 0.866 bits per heavy atom. The third-order valence-corrected chi connectivity index (χ3v) is 13.5. The average Bonchev–Trinajstić information content (AvgIpc) is 4.06. The van der Waals surface area contributed by atoms with E-state index in [0.29, 0.717) is 50.3 Å². The van der Waals surface area contributed by atoms with Crippen molar-refractivity contribution in [1.29, 1.82) is 0 Å². The van der Waals surface area contributed by atoms with Crippen molar-refractivity contribution in [3.63, 3.8) is 0 Å². The van der Waals surface area contributed by atoms with Crippen LogP contribution < -0.4 is 22.1 Å². The summed E-state index contributed by atoms with van der Waals surface area (Å²) in [7, 11) is 3.89. The predicted octanol–water partition coefficient (Wildman–Crippen LogP) is 5.09. The molecular weight excluding hydrogens is 849 g/mol. The number of carbonyl (C=O) groups excluding carboxylic acids is 3. The number of piperidine rings is 1. The molecule has 16 heteroatoms. The number of likely N-dealkylation sites (N-methyl/N-ethyl adjacent to an activating group) is 1. The van der Waals surface area contributed by atoms with Crippen LogP contribution in [0.25, 0.3) is 33.3 Å². The van der Waals surface area contributed by atoms with Crippen molar-refractivity contribution in [1.82, 2.24) is 44.3 Å². The molecule has 0 spiro atoms. The zero-order chi connectivity index (χ0) is 46.4. The number of ether oxygens (including phenoxy) is 2. The van der Waals surface area contributed by atoms with Gasteiger partial charge in [0.1, 0.15) is 11.9 Å². The fourth-order valence-corrected chi connectivity index (χ4v) is 9.63. The summed E-state index contributed by atoms with van der Waals surface area (Å²) < 4.78 is 17.3. The number of aromatic nitrogens is 5. The van der Waals surface area contributed by atoms with Crippen molar-refractivity contribution in [3.8, 4) is 22.3 Å². The topological polar surface area (TPSA) is 184 Å². The second-order valence-corrected chi connectivity index (χ2v) is 18.2. The second-order valence-electron chi connectivity index (χ2n) is 18.2. The molecule has 2 saturated heterocycles. The third kappa shape index (κ3) is 10.6. The van der Waals surface area contributed by atoms with E-state index in [1.807, 2.05) is 24.4 Å². The molecule has 3 aromatic heterocycles.